The van der Waals surface area contributed by atoms with Crippen LogP contribution in [0.5, 0.6) is 0 Å². The van der Waals surface area contributed by atoms with Crippen molar-refractivity contribution in [2.24, 2.45) is 0 Å². The Labute approximate surface area is 124 Å². The van der Waals surface area contributed by atoms with Gasteiger partial charge < -0.3 is 0 Å². The van der Waals surface area contributed by atoms with Crippen LogP contribution in [0.3, 0.4) is 0 Å². The lowest BCUT2D eigenvalue weighted by molar-refractivity contribution is 0.0988. The molecule has 110 valence electrons. The van der Waals surface area contributed by atoms with E-state index in [1.807, 2.05) is 31.2 Å². The molecule has 2 aromatic rings. The first-order valence-corrected chi connectivity index (χ1v) is 8.50. The van der Waals surface area contributed by atoms with Crippen molar-refractivity contribution in [3.05, 3.63) is 54.1 Å². The third kappa shape index (κ3) is 3.92. The van der Waals surface area contributed by atoms with E-state index in [1.54, 1.807) is 24.3 Å². The molecular formula is C16H17NO3S. The van der Waals surface area contributed by atoms with Crippen molar-refractivity contribution in [2.45, 2.75) is 13.3 Å². The molecule has 0 aliphatic rings. The molecule has 0 saturated carbocycles. The third-order valence-electron chi connectivity index (χ3n) is 3.06. The quantitative estimate of drug-likeness (QED) is 0.862. The van der Waals surface area contributed by atoms with E-state index in [-0.39, 0.29) is 5.78 Å². The zero-order chi connectivity index (χ0) is 15.5. The second-order valence-corrected chi connectivity index (χ2v) is 6.52. The van der Waals surface area contributed by atoms with Gasteiger partial charge in [-0.1, -0.05) is 49.4 Å². The number of benzene rings is 2. The SMILES string of the molecule is CCC(=O)c1ccc(-c2ccccc2NS(C)(=O)=O)cc1. The normalized spacial score (nSPS) is 11.1. The summed E-state index contributed by atoms with van der Waals surface area (Å²) < 4.78 is 25.3. The average Bonchev–Trinajstić information content (AvgIpc) is 2.45. The van der Waals surface area contributed by atoms with Crippen LogP contribution in [0.15, 0.2) is 48.5 Å². The first-order valence-electron chi connectivity index (χ1n) is 6.61. The van der Waals surface area contributed by atoms with Crippen LogP contribution in [-0.2, 0) is 10.0 Å². The molecule has 0 spiro atoms. The molecule has 2 aromatic carbocycles. The Bertz CT molecular complexity index is 749. The van der Waals surface area contributed by atoms with E-state index in [1.165, 1.54) is 0 Å². The number of rotatable bonds is 5. The Hall–Kier alpha value is -2.14. The number of sulfonamides is 1. The second-order valence-electron chi connectivity index (χ2n) is 4.77. The summed E-state index contributed by atoms with van der Waals surface area (Å²) in [6.07, 6.45) is 1.58. The Morgan fingerprint density at radius 3 is 2.24 bits per heavy atom. The average molecular weight is 303 g/mol. The molecule has 0 aliphatic carbocycles. The summed E-state index contributed by atoms with van der Waals surface area (Å²) in [4.78, 5) is 11.6. The molecule has 0 saturated heterocycles. The summed E-state index contributed by atoms with van der Waals surface area (Å²) in [5, 5.41) is 0. The first-order chi connectivity index (χ1) is 9.90. The van der Waals surface area contributed by atoms with Crippen LogP contribution in [-0.4, -0.2) is 20.5 Å². The minimum atomic E-state index is -3.34. The number of nitrogens with one attached hydrogen (secondary N) is 1. The molecule has 1 N–H and O–H groups in total. The predicted molar refractivity (Wildman–Crippen MR) is 85.0 cm³/mol. The molecule has 21 heavy (non-hydrogen) atoms. The van der Waals surface area contributed by atoms with Gasteiger partial charge in [-0.15, -0.1) is 0 Å². The zero-order valence-electron chi connectivity index (χ0n) is 12.0. The Morgan fingerprint density at radius 2 is 1.67 bits per heavy atom. The van der Waals surface area contributed by atoms with Gasteiger partial charge in [0, 0.05) is 17.5 Å². The Kier molecular flexibility index (Phi) is 4.43. The van der Waals surface area contributed by atoms with Crippen LogP contribution in [0, 0.1) is 0 Å². The maximum absolute atomic E-state index is 11.6. The maximum Gasteiger partial charge on any atom is 0.229 e. The van der Waals surface area contributed by atoms with Crippen molar-refractivity contribution < 1.29 is 13.2 Å². The maximum atomic E-state index is 11.6. The van der Waals surface area contributed by atoms with Gasteiger partial charge in [0.25, 0.3) is 0 Å². The lowest BCUT2D eigenvalue weighted by atomic mass is 10.0. The highest BCUT2D eigenvalue weighted by atomic mass is 32.2. The van der Waals surface area contributed by atoms with Gasteiger partial charge >= 0.3 is 0 Å². The van der Waals surface area contributed by atoms with Gasteiger partial charge in [0.05, 0.1) is 11.9 Å². The number of anilines is 1. The van der Waals surface area contributed by atoms with Gasteiger partial charge in [0.1, 0.15) is 0 Å². The molecule has 5 heteroatoms. The minimum Gasteiger partial charge on any atom is -0.294 e. The van der Waals surface area contributed by atoms with Gasteiger partial charge in [-0.3, -0.25) is 9.52 Å². The topological polar surface area (TPSA) is 63.2 Å². The molecule has 0 atom stereocenters. The van der Waals surface area contributed by atoms with Crippen LogP contribution in [0.1, 0.15) is 23.7 Å². The van der Waals surface area contributed by atoms with Crippen LogP contribution < -0.4 is 4.72 Å². The smallest absolute Gasteiger partial charge is 0.229 e. The van der Waals surface area contributed by atoms with Crippen molar-refractivity contribution in [3.63, 3.8) is 0 Å². The van der Waals surface area contributed by atoms with E-state index in [9.17, 15) is 13.2 Å². The highest BCUT2D eigenvalue weighted by Gasteiger charge is 2.09. The van der Waals surface area contributed by atoms with Gasteiger partial charge in [-0.25, -0.2) is 8.42 Å². The van der Waals surface area contributed by atoms with Gasteiger partial charge in [0.15, 0.2) is 5.78 Å². The first kappa shape index (κ1) is 15.3. The number of carbonyl (C=O) groups is 1. The fraction of sp³-hybridized carbons (Fsp3) is 0.188. The molecule has 0 heterocycles. The molecule has 0 bridgehead atoms. The molecule has 0 radical (unpaired) electrons. The number of hydrogen-bond donors (Lipinski definition) is 1. The molecule has 0 amide bonds. The van der Waals surface area contributed by atoms with E-state index >= 15 is 0 Å². The molecule has 0 unspecified atom stereocenters. The number of ketones is 1. The largest absolute Gasteiger partial charge is 0.294 e. The van der Waals surface area contributed by atoms with Crippen LogP contribution in [0.25, 0.3) is 11.1 Å². The summed E-state index contributed by atoms with van der Waals surface area (Å²) in [6.45, 7) is 1.82. The Morgan fingerprint density at radius 1 is 1.05 bits per heavy atom. The van der Waals surface area contributed by atoms with Crippen molar-refractivity contribution in [2.75, 3.05) is 11.0 Å². The van der Waals surface area contributed by atoms with E-state index in [2.05, 4.69) is 4.72 Å². The predicted octanol–water partition coefficient (Wildman–Crippen LogP) is 3.32. The highest BCUT2D eigenvalue weighted by molar-refractivity contribution is 7.92. The van der Waals surface area contributed by atoms with Gasteiger partial charge in [-0.2, -0.15) is 0 Å². The van der Waals surface area contributed by atoms with Crippen molar-refractivity contribution in [3.8, 4) is 11.1 Å². The monoisotopic (exact) mass is 303 g/mol. The Balaban J connectivity index is 2.40. The van der Waals surface area contributed by atoms with E-state index in [0.717, 1.165) is 17.4 Å². The van der Waals surface area contributed by atoms with Crippen LogP contribution >= 0.6 is 0 Å². The van der Waals surface area contributed by atoms with Crippen LogP contribution in [0.2, 0.25) is 0 Å². The molecule has 0 aromatic heterocycles. The third-order valence-corrected chi connectivity index (χ3v) is 3.65. The van der Waals surface area contributed by atoms with E-state index in [4.69, 9.17) is 0 Å². The second kappa shape index (κ2) is 6.10. The van der Waals surface area contributed by atoms with Crippen molar-refractivity contribution >= 4 is 21.5 Å². The molecule has 0 fully saturated rings. The molecule has 2 rings (SSSR count). The van der Waals surface area contributed by atoms with E-state index in [0.29, 0.717) is 17.7 Å². The summed E-state index contributed by atoms with van der Waals surface area (Å²) in [6, 6.07) is 14.3. The van der Waals surface area contributed by atoms with Gasteiger partial charge in [0.2, 0.25) is 10.0 Å². The van der Waals surface area contributed by atoms with E-state index < -0.39 is 10.0 Å². The van der Waals surface area contributed by atoms with Crippen molar-refractivity contribution in [1.29, 1.82) is 0 Å². The lowest BCUT2D eigenvalue weighted by Crippen LogP contribution is -2.10. The van der Waals surface area contributed by atoms with Crippen LogP contribution in [0.4, 0.5) is 5.69 Å². The number of para-hydroxylation sites is 1. The number of Topliss-reactive ketones (excluding diaryl/α,β-unsaturated/α-hetero) is 1. The molecular weight excluding hydrogens is 286 g/mol. The fourth-order valence-corrected chi connectivity index (χ4v) is 2.64. The zero-order valence-corrected chi connectivity index (χ0v) is 12.8. The molecule has 0 aliphatic heterocycles. The number of carbonyl (C=O) groups excluding carboxylic acids is 1. The highest BCUT2D eigenvalue weighted by Crippen LogP contribution is 2.28. The standard InChI is InChI=1S/C16H17NO3S/c1-3-16(18)13-10-8-12(9-11-13)14-6-4-5-7-15(14)17-21(2,19)20/h4-11,17H,3H2,1-2H3. The summed E-state index contributed by atoms with van der Waals surface area (Å²) in [5.74, 6) is 0.0871. The summed E-state index contributed by atoms with van der Waals surface area (Å²) >= 11 is 0. The van der Waals surface area contributed by atoms with Gasteiger partial charge in [-0.05, 0) is 11.6 Å². The molecule has 4 nitrogen and oxygen atoms in total. The summed E-state index contributed by atoms with van der Waals surface area (Å²) in [7, 11) is -3.34. The number of hydrogen-bond acceptors (Lipinski definition) is 3. The summed E-state index contributed by atoms with van der Waals surface area (Å²) in [5.41, 5.74) is 2.82. The minimum absolute atomic E-state index is 0.0871. The van der Waals surface area contributed by atoms with Crippen molar-refractivity contribution in [1.82, 2.24) is 0 Å². The fourth-order valence-electron chi connectivity index (χ4n) is 2.06. The lowest BCUT2D eigenvalue weighted by Gasteiger charge is -2.11.